The summed E-state index contributed by atoms with van der Waals surface area (Å²) in [5, 5.41) is 2.99. The van der Waals surface area contributed by atoms with Crippen LogP contribution in [0, 0.1) is 18.8 Å². The average molecular weight is 232 g/mol. The van der Waals surface area contributed by atoms with Gasteiger partial charge in [0.2, 0.25) is 5.91 Å². The van der Waals surface area contributed by atoms with E-state index in [1.807, 2.05) is 31.2 Å². The van der Waals surface area contributed by atoms with Crippen LogP contribution < -0.4 is 11.1 Å². The van der Waals surface area contributed by atoms with Gasteiger partial charge in [-0.2, -0.15) is 0 Å². The maximum Gasteiger partial charge on any atom is 0.227 e. The lowest BCUT2D eigenvalue weighted by atomic mass is 9.95. The Morgan fingerprint density at radius 3 is 3.00 bits per heavy atom. The molecule has 1 saturated carbocycles. The van der Waals surface area contributed by atoms with E-state index in [1.54, 1.807) is 0 Å². The second kappa shape index (κ2) is 5.32. The number of nitrogens with two attached hydrogens (primary N) is 1. The third-order valence-electron chi connectivity index (χ3n) is 3.58. The molecule has 3 heteroatoms. The number of carbonyl (C=O) groups excluding carboxylic acids is 1. The van der Waals surface area contributed by atoms with Crippen LogP contribution in [0.15, 0.2) is 24.3 Å². The first-order chi connectivity index (χ1) is 8.20. The molecule has 1 aromatic rings. The van der Waals surface area contributed by atoms with Crippen LogP contribution in [0.1, 0.15) is 24.8 Å². The Bertz CT molecular complexity index is 403. The standard InChI is InChI=1S/C14H20N2O/c1-10-4-2-6-12(8-10)16-14(17)13-7-3-5-11(13)9-15/h2,4,6,8,11,13H,3,5,7,9,15H2,1H3,(H,16,17)/t11-,13-/m1/s1. The van der Waals surface area contributed by atoms with Crippen LogP contribution in [0.4, 0.5) is 5.69 Å². The zero-order valence-corrected chi connectivity index (χ0v) is 10.3. The molecule has 0 saturated heterocycles. The van der Waals surface area contributed by atoms with Crippen molar-refractivity contribution in [3.63, 3.8) is 0 Å². The Balaban J connectivity index is 2.01. The number of amides is 1. The molecule has 2 atom stereocenters. The number of nitrogens with one attached hydrogen (secondary N) is 1. The van der Waals surface area contributed by atoms with Crippen molar-refractivity contribution >= 4 is 11.6 Å². The van der Waals surface area contributed by atoms with Crippen molar-refractivity contribution in [3.05, 3.63) is 29.8 Å². The average Bonchev–Trinajstić information content (AvgIpc) is 2.77. The molecule has 3 N–H and O–H groups in total. The van der Waals surface area contributed by atoms with Gasteiger partial charge in [0, 0.05) is 11.6 Å². The third-order valence-corrected chi connectivity index (χ3v) is 3.58. The smallest absolute Gasteiger partial charge is 0.227 e. The summed E-state index contributed by atoms with van der Waals surface area (Å²) in [6, 6.07) is 7.90. The molecule has 0 aromatic heterocycles. The van der Waals surface area contributed by atoms with Crippen LogP contribution in [0.25, 0.3) is 0 Å². The maximum absolute atomic E-state index is 12.1. The molecular formula is C14H20N2O. The van der Waals surface area contributed by atoms with Crippen LogP contribution in [-0.2, 0) is 4.79 Å². The predicted octanol–water partition coefficient (Wildman–Crippen LogP) is 2.31. The molecule has 1 aliphatic rings. The van der Waals surface area contributed by atoms with E-state index in [2.05, 4.69) is 5.32 Å². The predicted molar refractivity (Wildman–Crippen MR) is 69.7 cm³/mol. The minimum atomic E-state index is 0.0977. The molecular weight excluding hydrogens is 212 g/mol. The molecule has 0 bridgehead atoms. The Hall–Kier alpha value is -1.35. The van der Waals surface area contributed by atoms with Gasteiger partial charge in [0.1, 0.15) is 0 Å². The SMILES string of the molecule is Cc1cccc(NC(=O)[C@@H]2CCC[C@@H]2CN)c1. The van der Waals surface area contributed by atoms with Crippen molar-refractivity contribution in [3.8, 4) is 0 Å². The Morgan fingerprint density at radius 2 is 2.29 bits per heavy atom. The highest BCUT2D eigenvalue weighted by atomic mass is 16.1. The van der Waals surface area contributed by atoms with E-state index in [4.69, 9.17) is 5.73 Å². The van der Waals surface area contributed by atoms with Gasteiger partial charge in [0.05, 0.1) is 0 Å². The van der Waals surface area contributed by atoms with Gasteiger partial charge in [-0.15, -0.1) is 0 Å². The van der Waals surface area contributed by atoms with Crippen LogP contribution >= 0.6 is 0 Å². The van der Waals surface area contributed by atoms with Gasteiger partial charge in [-0.05, 0) is 49.9 Å². The molecule has 1 amide bonds. The molecule has 1 aliphatic carbocycles. The zero-order valence-electron chi connectivity index (χ0n) is 10.3. The largest absolute Gasteiger partial charge is 0.330 e. The van der Waals surface area contributed by atoms with Crippen molar-refractivity contribution in [2.24, 2.45) is 17.6 Å². The molecule has 0 heterocycles. The molecule has 0 spiro atoms. The fourth-order valence-corrected chi connectivity index (χ4v) is 2.62. The number of hydrogen-bond donors (Lipinski definition) is 2. The Labute approximate surface area is 102 Å². The maximum atomic E-state index is 12.1. The summed E-state index contributed by atoms with van der Waals surface area (Å²) in [6.45, 7) is 2.64. The van der Waals surface area contributed by atoms with E-state index < -0.39 is 0 Å². The van der Waals surface area contributed by atoms with E-state index in [1.165, 1.54) is 0 Å². The van der Waals surface area contributed by atoms with Crippen LogP contribution in [0.5, 0.6) is 0 Å². The van der Waals surface area contributed by atoms with Gasteiger partial charge in [-0.3, -0.25) is 4.79 Å². The number of rotatable bonds is 3. The van der Waals surface area contributed by atoms with Crippen molar-refractivity contribution in [2.75, 3.05) is 11.9 Å². The first-order valence-electron chi connectivity index (χ1n) is 6.28. The van der Waals surface area contributed by atoms with Crippen LogP contribution in [-0.4, -0.2) is 12.5 Å². The second-order valence-corrected chi connectivity index (χ2v) is 4.89. The quantitative estimate of drug-likeness (QED) is 0.840. The minimum absolute atomic E-state index is 0.0977. The monoisotopic (exact) mass is 232 g/mol. The van der Waals surface area contributed by atoms with Gasteiger partial charge in [0.15, 0.2) is 0 Å². The highest BCUT2D eigenvalue weighted by Crippen LogP contribution is 2.31. The zero-order chi connectivity index (χ0) is 12.3. The molecule has 3 nitrogen and oxygen atoms in total. The van der Waals surface area contributed by atoms with Gasteiger partial charge in [-0.1, -0.05) is 18.6 Å². The Kier molecular flexibility index (Phi) is 3.79. The summed E-state index contributed by atoms with van der Waals surface area (Å²) in [5.41, 5.74) is 7.74. The summed E-state index contributed by atoms with van der Waals surface area (Å²) >= 11 is 0. The lowest BCUT2D eigenvalue weighted by Gasteiger charge is -2.17. The van der Waals surface area contributed by atoms with E-state index >= 15 is 0 Å². The highest BCUT2D eigenvalue weighted by Gasteiger charge is 2.31. The molecule has 0 unspecified atom stereocenters. The van der Waals surface area contributed by atoms with Gasteiger partial charge >= 0.3 is 0 Å². The number of benzene rings is 1. The summed E-state index contributed by atoms with van der Waals surface area (Å²) in [7, 11) is 0. The molecule has 0 aliphatic heterocycles. The van der Waals surface area contributed by atoms with Gasteiger partial charge in [0.25, 0.3) is 0 Å². The molecule has 17 heavy (non-hydrogen) atoms. The summed E-state index contributed by atoms with van der Waals surface area (Å²) in [5.74, 6) is 0.587. The number of hydrogen-bond acceptors (Lipinski definition) is 2. The van der Waals surface area contributed by atoms with Gasteiger partial charge < -0.3 is 11.1 Å². The molecule has 92 valence electrons. The third kappa shape index (κ3) is 2.86. The molecule has 0 radical (unpaired) electrons. The fraction of sp³-hybridized carbons (Fsp3) is 0.500. The lowest BCUT2D eigenvalue weighted by molar-refractivity contribution is -0.120. The van der Waals surface area contributed by atoms with E-state index in [-0.39, 0.29) is 11.8 Å². The fourth-order valence-electron chi connectivity index (χ4n) is 2.62. The van der Waals surface area contributed by atoms with Crippen molar-refractivity contribution in [2.45, 2.75) is 26.2 Å². The van der Waals surface area contributed by atoms with Crippen molar-refractivity contribution in [1.29, 1.82) is 0 Å². The second-order valence-electron chi connectivity index (χ2n) is 4.89. The first kappa shape index (κ1) is 12.1. The van der Waals surface area contributed by atoms with Crippen LogP contribution in [0.2, 0.25) is 0 Å². The Morgan fingerprint density at radius 1 is 1.47 bits per heavy atom. The lowest BCUT2D eigenvalue weighted by Crippen LogP contribution is -2.29. The number of carbonyl (C=O) groups is 1. The van der Waals surface area contributed by atoms with E-state index in [0.29, 0.717) is 12.5 Å². The van der Waals surface area contributed by atoms with Crippen molar-refractivity contribution in [1.82, 2.24) is 0 Å². The van der Waals surface area contributed by atoms with Gasteiger partial charge in [-0.25, -0.2) is 0 Å². The van der Waals surface area contributed by atoms with Crippen molar-refractivity contribution < 1.29 is 4.79 Å². The number of aryl methyl sites for hydroxylation is 1. The molecule has 1 fully saturated rings. The highest BCUT2D eigenvalue weighted by molar-refractivity contribution is 5.93. The molecule has 2 rings (SSSR count). The normalized spacial score (nSPS) is 23.6. The summed E-state index contributed by atoms with van der Waals surface area (Å²) in [4.78, 5) is 12.1. The molecule has 1 aromatic carbocycles. The first-order valence-corrected chi connectivity index (χ1v) is 6.28. The van der Waals surface area contributed by atoms with E-state index in [0.717, 1.165) is 30.5 Å². The summed E-state index contributed by atoms with van der Waals surface area (Å²) < 4.78 is 0. The topological polar surface area (TPSA) is 55.1 Å². The van der Waals surface area contributed by atoms with Crippen LogP contribution in [0.3, 0.4) is 0 Å². The minimum Gasteiger partial charge on any atom is -0.330 e. The number of anilines is 1. The van der Waals surface area contributed by atoms with E-state index in [9.17, 15) is 4.79 Å². The summed E-state index contributed by atoms with van der Waals surface area (Å²) in [6.07, 6.45) is 3.18.